The molecule has 0 radical (unpaired) electrons. The lowest BCUT2D eigenvalue weighted by atomic mass is 9.97. The van der Waals surface area contributed by atoms with Crippen molar-refractivity contribution in [2.75, 3.05) is 25.5 Å². The van der Waals surface area contributed by atoms with Gasteiger partial charge in [0.2, 0.25) is 0 Å². The molecule has 1 saturated heterocycles. The molecule has 0 saturated carbocycles. The van der Waals surface area contributed by atoms with Gasteiger partial charge in [-0.25, -0.2) is 0 Å². The van der Waals surface area contributed by atoms with Gasteiger partial charge in [0, 0.05) is 29.2 Å². The summed E-state index contributed by atoms with van der Waals surface area (Å²) in [6, 6.07) is 24.9. The third-order valence-corrected chi connectivity index (χ3v) is 6.55. The first-order chi connectivity index (χ1) is 16.2. The number of likely N-dealkylation sites (tertiary alicyclic amines) is 1. The van der Waals surface area contributed by atoms with Crippen LogP contribution in [0.15, 0.2) is 79.0 Å². The van der Waals surface area contributed by atoms with Gasteiger partial charge in [-0.3, -0.25) is 9.88 Å². The third-order valence-electron chi connectivity index (χ3n) is 6.31. The number of methoxy groups -OCH3 is 1. The zero-order chi connectivity index (χ0) is 22.6. The first-order valence-electron chi connectivity index (χ1n) is 11.5. The van der Waals surface area contributed by atoms with Gasteiger partial charge in [0.05, 0.1) is 24.4 Å². The lowest BCUT2D eigenvalue weighted by molar-refractivity contribution is 0.331. The zero-order valence-electron chi connectivity index (χ0n) is 18.8. The van der Waals surface area contributed by atoms with Gasteiger partial charge in [-0.1, -0.05) is 54.1 Å². The van der Waals surface area contributed by atoms with Crippen molar-refractivity contribution in [3.05, 3.63) is 101 Å². The molecule has 1 aliphatic rings. The van der Waals surface area contributed by atoms with E-state index in [2.05, 4.69) is 51.6 Å². The molecule has 5 heteroatoms. The number of anilines is 1. The van der Waals surface area contributed by atoms with Gasteiger partial charge in [0.25, 0.3) is 0 Å². The van der Waals surface area contributed by atoms with Crippen molar-refractivity contribution >= 4 is 28.2 Å². The lowest BCUT2D eigenvalue weighted by Gasteiger charge is -2.23. The van der Waals surface area contributed by atoms with Crippen molar-refractivity contribution in [3.8, 4) is 5.75 Å². The van der Waals surface area contributed by atoms with E-state index in [4.69, 9.17) is 16.3 Å². The summed E-state index contributed by atoms with van der Waals surface area (Å²) in [5.41, 5.74) is 5.46. The van der Waals surface area contributed by atoms with Crippen LogP contribution in [0.2, 0.25) is 5.02 Å². The number of ether oxygens (including phenoxy) is 1. The first kappa shape index (κ1) is 21.7. The lowest BCUT2D eigenvalue weighted by Crippen LogP contribution is -2.18. The molecular formula is C28H28ClN3O. The Hall–Kier alpha value is -3.08. The molecule has 4 aromatic rings. The third kappa shape index (κ3) is 4.97. The Labute approximate surface area is 200 Å². The normalized spacial score (nSPS) is 15.0. The van der Waals surface area contributed by atoms with Crippen molar-refractivity contribution < 1.29 is 4.74 Å². The highest BCUT2D eigenvalue weighted by Crippen LogP contribution is 2.34. The SMILES string of the molecule is COc1cc(NC(c2ccc(CN3CCCC3)cc2)c2cccc(Cl)c2)c2ncccc2c1. The zero-order valence-corrected chi connectivity index (χ0v) is 19.6. The summed E-state index contributed by atoms with van der Waals surface area (Å²) < 4.78 is 5.56. The van der Waals surface area contributed by atoms with E-state index in [0.717, 1.165) is 39.5 Å². The Balaban J connectivity index is 1.51. The minimum atomic E-state index is -0.0816. The number of rotatable bonds is 7. The molecular weight excluding hydrogens is 430 g/mol. The summed E-state index contributed by atoms with van der Waals surface area (Å²) in [4.78, 5) is 7.16. The van der Waals surface area contributed by atoms with Crippen LogP contribution in [0.3, 0.4) is 0 Å². The highest BCUT2D eigenvalue weighted by molar-refractivity contribution is 6.30. The Morgan fingerprint density at radius 2 is 1.79 bits per heavy atom. The number of benzene rings is 3. The van der Waals surface area contributed by atoms with Gasteiger partial charge in [0.1, 0.15) is 5.75 Å². The Kier molecular flexibility index (Phi) is 6.47. The number of hydrogen-bond acceptors (Lipinski definition) is 4. The van der Waals surface area contributed by atoms with Crippen LogP contribution < -0.4 is 10.1 Å². The van der Waals surface area contributed by atoms with Crippen LogP contribution in [0.25, 0.3) is 10.9 Å². The van der Waals surface area contributed by atoms with E-state index < -0.39 is 0 Å². The number of aromatic nitrogens is 1. The van der Waals surface area contributed by atoms with Crippen molar-refractivity contribution in [3.63, 3.8) is 0 Å². The predicted octanol–water partition coefficient (Wildman–Crippen LogP) is 6.69. The van der Waals surface area contributed by atoms with Crippen LogP contribution >= 0.6 is 11.6 Å². The quantitative estimate of drug-likeness (QED) is 0.335. The summed E-state index contributed by atoms with van der Waals surface area (Å²) in [5.74, 6) is 0.795. The summed E-state index contributed by atoms with van der Waals surface area (Å²) in [5, 5.41) is 5.49. The number of nitrogens with zero attached hydrogens (tertiary/aromatic N) is 2. The first-order valence-corrected chi connectivity index (χ1v) is 11.8. The Morgan fingerprint density at radius 1 is 0.970 bits per heavy atom. The van der Waals surface area contributed by atoms with Gasteiger partial charge >= 0.3 is 0 Å². The molecule has 33 heavy (non-hydrogen) atoms. The maximum Gasteiger partial charge on any atom is 0.121 e. The molecule has 1 atom stereocenters. The molecule has 1 N–H and O–H groups in total. The predicted molar refractivity (Wildman–Crippen MR) is 136 cm³/mol. The topological polar surface area (TPSA) is 37.4 Å². The molecule has 1 aliphatic heterocycles. The van der Waals surface area contributed by atoms with Crippen molar-refractivity contribution in [2.24, 2.45) is 0 Å². The van der Waals surface area contributed by atoms with E-state index in [0.29, 0.717) is 0 Å². The molecule has 4 nitrogen and oxygen atoms in total. The van der Waals surface area contributed by atoms with Gasteiger partial charge in [-0.15, -0.1) is 0 Å². The maximum absolute atomic E-state index is 6.38. The highest BCUT2D eigenvalue weighted by Gasteiger charge is 2.18. The van der Waals surface area contributed by atoms with Gasteiger partial charge < -0.3 is 10.1 Å². The average molecular weight is 458 g/mol. The van der Waals surface area contributed by atoms with Gasteiger partial charge in [-0.2, -0.15) is 0 Å². The summed E-state index contributed by atoms with van der Waals surface area (Å²) in [7, 11) is 1.69. The minimum Gasteiger partial charge on any atom is -0.497 e. The van der Waals surface area contributed by atoms with Crippen molar-refractivity contribution in [1.82, 2.24) is 9.88 Å². The molecule has 2 heterocycles. The fourth-order valence-electron chi connectivity index (χ4n) is 4.61. The summed E-state index contributed by atoms with van der Waals surface area (Å²) in [6.45, 7) is 3.41. The Bertz CT molecular complexity index is 1240. The molecule has 1 fully saturated rings. The summed E-state index contributed by atoms with van der Waals surface area (Å²) in [6.07, 6.45) is 4.43. The number of nitrogens with one attached hydrogen (secondary N) is 1. The standard InChI is InChI=1S/C28H28ClN3O/c1-33-25-17-23-7-5-13-30-28(23)26(18-25)31-27(22-6-4-8-24(29)16-22)21-11-9-20(10-12-21)19-32-14-2-3-15-32/h4-13,16-18,27,31H,2-3,14-15,19H2,1H3. The maximum atomic E-state index is 6.38. The second kappa shape index (κ2) is 9.82. The number of hydrogen-bond donors (Lipinski definition) is 1. The number of pyridine rings is 1. The van der Waals surface area contributed by atoms with Crippen molar-refractivity contribution in [1.29, 1.82) is 0 Å². The highest BCUT2D eigenvalue weighted by atomic mass is 35.5. The van der Waals surface area contributed by atoms with Crippen LogP contribution in [0, 0.1) is 0 Å². The molecule has 1 aromatic heterocycles. The van der Waals surface area contributed by atoms with Gasteiger partial charge in [0.15, 0.2) is 0 Å². The van der Waals surface area contributed by atoms with Crippen LogP contribution in [0.5, 0.6) is 5.75 Å². The number of fused-ring (bicyclic) bond motifs is 1. The number of halogens is 1. The smallest absolute Gasteiger partial charge is 0.121 e. The average Bonchev–Trinajstić information content (AvgIpc) is 3.36. The molecule has 168 valence electrons. The van der Waals surface area contributed by atoms with E-state index in [1.807, 2.05) is 42.6 Å². The fraction of sp³-hybridized carbons (Fsp3) is 0.250. The van der Waals surface area contributed by atoms with Crippen molar-refractivity contribution in [2.45, 2.75) is 25.4 Å². The molecule has 0 spiro atoms. The molecule has 1 unspecified atom stereocenters. The van der Waals surface area contributed by atoms with Crippen LogP contribution in [0.4, 0.5) is 5.69 Å². The van der Waals surface area contributed by atoms with E-state index in [-0.39, 0.29) is 6.04 Å². The van der Waals surface area contributed by atoms with Crippen LogP contribution in [-0.2, 0) is 6.54 Å². The van der Waals surface area contributed by atoms with E-state index >= 15 is 0 Å². The molecule has 5 rings (SSSR count). The van der Waals surface area contributed by atoms with E-state index in [1.54, 1.807) is 7.11 Å². The largest absolute Gasteiger partial charge is 0.497 e. The monoisotopic (exact) mass is 457 g/mol. The molecule has 0 bridgehead atoms. The minimum absolute atomic E-state index is 0.0816. The fourth-order valence-corrected chi connectivity index (χ4v) is 4.81. The Morgan fingerprint density at radius 3 is 2.55 bits per heavy atom. The van der Waals surface area contributed by atoms with Crippen LogP contribution in [-0.4, -0.2) is 30.1 Å². The summed E-state index contributed by atoms with van der Waals surface area (Å²) >= 11 is 6.38. The molecule has 0 amide bonds. The van der Waals surface area contributed by atoms with E-state index in [9.17, 15) is 0 Å². The molecule has 3 aromatic carbocycles. The molecule has 0 aliphatic carbocycles. The van der Waals surface area contributed by atoms with Gasteiger partial charge in [-0.05, 0) is 66.9 Å². The van der Waals surface area contributed by atoms with Crippen LogP contribution in [0.1, 0.15) is 35.6 Å². The van der Waals surface area contributed by atoms with E-state index in [1.165, 1.54) is 37.1 Å². The second-order valence-corrected chi connectivity index (χ2v) is 9.04. The second-order valence-electron chi connectivity index (χ2n) is 8.61.